The van der Waals surface area contributed by atoms with E-state index in [-0.39, 0.29) is 37.6 Å². The van der Waals surface area contributed by atoms with E-state index in [4.69, 9.17) is 4.74 Å². The van der Waals surface area contributed by atoms with Crippen LogP contribution in [0, 0.1) is 5.92 Å². The summed E-state index contributed by atoms with van der Waals surface area (Å²) in [5, 5.41) is 10.2. The summed E-state index contributed by atoms with van der Waals surface area (Å²) in [6.45, 7) is 0.155. The molecule has 0 saturated heterocycles. The maximum atomic E-state index is 14.3. The molecule has 4 rings (SSSR count). The maximum absolute atomic E-state index is 14.3. The van der Waals surface area contributed by atoms with Crippen molar-refractivity contribution in [2.45, 2.75) is 88.3 Å². The third-order valence-electron chi connectivity index (χ3n) is 8.04. The lowest BCUT2D eigenvalue weighted by Gasteiger charge is -2.41. The average molecular weight is 532 g/mol. The summed E-state index contributed by atoms with van der Waals surface area (Å²) >= 11 is 0. The number of hydrogen-bond donors (Lipinski definition) is 1. The topological polar surface area (TPSA) is 49.8 Å². The third kappa shape index (κ3) is 5.68. The summed E-state index contributed by atoms with van der Waals surface area (Å²) in [6, 6.07) is 7.31. The second-order valence-electron chi connectivity index (χ2n) is 10.3. The number of carbonyl (C=O) groups is 1. The highest BCUT2D eigenvalue weighted by molar-refractivity contribution is 5.91. The number of rotatable bonds is 6. The molecule has 37 heavy (non-hydrogen) atoms. The molecule has 2 fully saturated rings. The van der Waals surface area contributed by atoms with Crippen molar-refractivity contribution in [3.05, 3.63) is 41.5 Å². The van der Waals surface area contributed by atoms with E-state index in [1.165, 1.54) is 24.3 Å². The number of likely N-dealkylation sites (N-methyl/N-ethyl adjacent to an activating group) is 1. The summed E-state index contributed by atoms with van der Waals surface area (Å²) in [4.78, 5) is 13.9. The van der Waals surface area contributed by atoms with Crippen molar-refractivity contribution in [1.82, 2.24) is 4.90 Å². The fourth-order valence-electron chi connectivity index (χ4n) is 5.92. The summed E-state index contributed by atoms with van der Waals surface area (Å²) in [6.07, 6.45) is -6.64. The molecule has 0 heterocycles. The lowest BCUT2D eigenvalue weighted by molar-refractivity contribution is -0.185. The lowest BCUT2D eigenvalue weighted by Crippen LogP contribution is -2.53. The lowest BCUT2D eigenvalue weighted by atomic mass is 9.80. The highest BCUT2D eigenvalue weighted by Crippen LogP contribution is 2.45. The van der Waals surface area contributed by atoms with Gasteiger partial charge in [-0.1, -0.05) is 43.5 Å². The molecular weight excluding hydrogens is 500 g/mol. The van der Waals surface area contributed by atoms with Crippen molar-refractivity contribution in [3.63, 3.8) is 0 Å². The second kappa shape index (κ2) is 10.3. The third-order valence-corrected chi connectivity index (χ3v) is 8.04. The molecule has 2 aliphatic carbocycles. The first kappa shape index (κ1) is 27.5. The number of benzene rings is 2. The number of halogens is 6. The van der Waals surface area contributed by atoms with Gasteiger partial charge in [0, 0.05) is 6.54 Å². The molecule has 2 aromatic carbocycles. The molecule has 10 heteroatoms. The molecule has 0 unspecified atom stereocenters. The van der Waals surface area contributed by atoms with Crippen LogP contribution in [0.15, 0.2) is 30.3 Å². The molecule has 0 aliphatic heterocycles. The van der Waals surface area contributed by atoms with E-state index in [0.717, 1.165) is 19.3 Å². The van der Waals surface area contributed by atoms with Crippen LogP contribution in [-0.2, 0) is 17.5 Å². The SMILES string of the molecule is CN(Cc1cccc2c(C(F)(F)F)c(OC3CCC(C(F)(F)F)CC3)ccc12)C1(C(=O)O)CCCCC1. The Balaban J connectivity index is 1.64. The molecule has 2 aliphatic rings. The van der Waals surface area contributed by atoms with Crippen LogP contribution in [0.4, 0.5) is 26.3 Å². The monoisotopic (exact) mass is 531 g/mol. The Morgan fingerprint density at radius 2 is 1.62 bits per heavy atom. The standard InChI is InChI=1S/C27H31F6NO3/c1-34(25(24(35)36)14-3-2-4-15-25)16-17-6-5-7-21-20(17)12-13-22(23(21)27(31,32)33)37-19-10-8-18(9-11-19)26(28,29)30/h5-7,12-13,18-19H,2-4,8-11,14-16H2,1H3,(H,35,36). The van der Waals surface area contributed by atoms with Crippen LogP contribution in [0.1, 0.15) is 68.9 Å². The Hall–Kier alpha value is -2.49. The van der Waals surface area contributed by atoms with Crippen molar-refractivity contribution in [2.24, 2.45) is 5.92 Å². The summed E-state index contributed by atoms with van der Waals surface area (Å²) < 4.78 is 87.5. The normalized spacial score (nSPS) is 22.8. The Labute approximate surface area is 211 Å². The molecule has 2 aromatic rings. The average Bonchev–Trinajstić information content (AvgIpc) is 2.83. The van der Waals surface area contributed by atoms with Crippen LogP contribution in [0.5, 0.6) is 5.75 Å². The fourth-order valence-corrected chi connectivity index (χ4v) is 5.92. The van der Waals surface area contributed by atoms with Crippen molar-refractivity contribution in [1.29, 1.82) is 0 Å². The smallest absolute Gasteiger partial charge is 0.420 e. The molecule has 0 bridgehead atoms. The van der Waals surface area contributed by atoms with Gasteiger partial charge in [0.2, 0.25) is 0 Å². The van der Waals surface area contributed by atoms with Gasteiger partial charge in [-0.05, 0) is 68.0 Å². The van der Waals surface area contributed by atoms with Crippen LogP contribution in [0.2, 0.25) is 0 Å². The van der Waals surface area contributed by atoms with Crippen molar-refractivity contribution in [3.8, 4) is 5.75 Å². The van der Waals surface area contributed by atoms with Gasteiger partial charge in [-0.15, -0.1) is 0 Å². The number of fused-ring (bicyclic) bond motifs is 1. The van der Waals surface area contributed by atoms with Gasteiger partial charge < -0.3 is 9.84 Å². The minimum atomic E-state index is -4.76. The van der Waals surface area contributed by atoms with Crippen molar-refractivity contribution in [2.75, 3.05) is 7.05 Å². The zero-order valence-corrected chi connectivity index (χ0v) is 20.6. The first-order valence-electron chi connectivity index (χ1n) is 12.6. The Morgan fingerprint density at radius 1 is 0.973 bits per heavy atom. The zero-order chi connectivity index (χ0) is 27.0. The van der Waals surface area contributed by atoms with Gasteiger partial charge >= 0.3 is 18.3 Å². The number of carboxylic acids is 1. The van der Waals surface area contributed by atoms with Gasteiger partial charge in [0.15, 0.2) is 0 Å². The minimum absolute atomic E-state index is 0.0294. The molecule has 204 valence electrons. The van der Waals surface area contributed by atoms with Crippen LogP contribution < -0.4 is 4.74 Å². The van der Waals surface area contributed by atoms with E-state index in [9.17, 15) is 36.2 Å². The zero-order valence-electron chi connectivity index (χ0n) is 20.6. The molecule has 0 radical (unpaired) electrons. The van der Waals surface area contributed by atoms with E-state index < -0.39 is 47.2 Å². The Morgan fingerprint density at radius 3 is 2.19 bits per heavy atom. The Bertz CT molecular complexity index is 1120. The van der Waals surface area contributed by atoms with Crippen LogP contribution in [0.3, 0.4) is 0 Å². The molecule has 0 amide bonds. The maximum Gasteiger partial charge on any atom is 0.420 e. The summed E-state index contributed by atoms with van der Waals surface area (Å²) in [7, 11) is 1.69. The van der Waals surface area contributed by atoms with E-state index in [2.05, 4.69) is 0 Å². The van der Waals surface area contributed by atoms with Crippen LogP contribution in [0.25, 0.3) is 10.8 Å². The van der Waals surface area contributed by atoms with E-state index in [1.54, 1.807) is 18.0 Å². The second-order valence-corrected chi connectivity index (χ2v) is 10.3. The predicted molar refractivity (Wildman–Crippen MR) is 126 cm³/mol. The highest BCUT2D eigenvalue weighted by Gasteiger charge is 2.44. The highest BCUT2D eigenvalue weighted by atomic mass is 19.4. The predicted octanol–water partition coefficient (Wildman–Crippen LogP) is 7.58. The number of ether oxygens (including phenoxy) is 1. The largest absolute Gasteiger partial charge is 0.490 e. The van der Waals surface area contributed by atoms with Gasteiger partial charge in [0.25, 0.3) is 0 Å². The van der Waals surface area contributed by atoms with Crippen molar-refractivity contribution < 1.29 is 41.0 Å². The number of hydrogen-bond acceptors (Lipinski definition) is 3. The summed E-state index contributed by atoms with van der Waals surface area (Å²) in [5.74, 6) is -2.78. The first-order chi connectivity index (χ1) is 17.3. The molecule has 4 nitrogen and oxygen atoms in total. The van der Waals surface area contributed by atoms with Crippen molar-refractivity contribution >= 4 is 16.7 Å². The van der Waals surface area contributed by atoms with E-state index >= 15 is 0 Å². The van der Waals surface area contributed by atoms with Gasteiger partial charge in [-0.3, -0.25) is 9.69 Å². The summed E-state index contributed by atoms with van der Waals surface area (Å²) in [5.41, 5.74) is -1.46. The van der Waals surface area contributed by atoms with Crippen LogP contribution in [-0.4, -0.2) is 40.8 Å². The first-order valence-corrected chi connectivity index (χ1v) is 12.6. The number of carboxylic acid groups (broad SMARTS) is 1. The molecule has 1 N–H and O–H groups in total. The molecule has 2 saturated carbocycles. The van der Waals surface area contributed by atoms with Crippen LogP contribution >= 0.6 is 0 Å². The number of nitrogens with zero attached hydrogens (tertiary/aromatic N) is 1. The molecule has 0 spiro atoms. The number of aliphatic carboxylic acids is 1. The molecule has 0 atom stereocenters. The minimum Gasteiger partial charge on any atom is -0.490 e. The molecule has 0 aromatic heterocycles. The Kier molecular flexibility index (Phi) is 7.70. The van der Waals surface area contributed by atoms with Gasteiger partial charge in [0.1, 0.15) is 16.9 Å². The quantitative estimate of drug-likeness (QED) is 0.391. The van der Waals surface area contributed by atoms with Gasteiger partial charge in [-0.25, -0.2) is 0 Å². The fraction of sp³-hybridized carbons (Fsp3) is 0.593. The van der Waals surface area contributed by atoms with E-state index in [1.807, 2.05) is 0 Å². The van der Waals surface area contributed by atoms with Gasteiger partial charge in [0.05, 0.1) is 12.0 Å². The molecular formula is C27H31F6NO3. The van der Waals surface area contributed by atoms with E-state index in [0.29, 0.717) is 23.8 Å². The van der Waals surface area contributed by atoms with Gasteiger partial charge in [-0.2, -0.15) is 26.3 Å². The number of alkyl halides is 6.